The zero-order valence-corrected chi connectivity index (χ0v) is 14.8. The van der Waals surface area contributed by atoms with Crippen molar-refractivity contribution in [3.8, 4) is 11.5 Å². The molecule has 6 nitrogen and oxygen atoms in total. The normalized spacial score (nSPS) is 25.0. The molecular weight excluding hydrogens is 326 g/mol. The molecule has 3 heterocycles. The fourth-order valence-electron chi connectivity index (χ4n) is 3.45. The van der Waals surface area contributed by atoms with Crippen molar-refractivity contribution in [3.05, 3.63) is 23.8 Å². The topological polar surface area (TPSA) is 62.8 Å². The van der Waals surface area contributed by atoms with Gasteiger partial charge in [0, 0.05) is 24.2 Å². The molecule has 2 bridgehead atoms. The van der Waals surface area contributed by atoms with Crippen molar-refractivity contribution in [2.24, 2.45) is 5.92 Å². The van der Waals surface area contributed by atoms with E-state index in [9.17, 15) is 4.79 Å². The molecule has 3 aliphatic rings. The third-order valence-corrected chi connectivity index (χ3v) is 5.03. The number of benzene rings is 1. The maximum absolute atomic E-state index is 12.4. The van der Waals surface area contributed by atoms with E-state index in [1.165, 1.54) is 25.9 Å². The fourth-order valence-corrected chi connectivity index (χ4v) is 3.69. The molecule has 1 unspecified atom stereocenters. The molecule has 0 aromatic heterocycles. The Labute approximate surface area is 147 Å². The van der Waals surface area contributed by atoms with E-state index in [2.05, 4.69) is 15.5 Å². The fraction of sp³-hybridized carbons (Fsp3) is 0.529. The monoisotopic (exact) mass is 349 g/mol. The Kier molecular flexibility index (Phi) is 5.20. The first-order chi connectivity index (χ1) is 11.6. The van der Waals surface area contributed by atoms with E-state index in [-0.39, 0.29) is 5.91 Å². The Morgan fingerprint density at radius 2 is 1.79 bits per heavy atom. The van der Waals surface area contributed by atoms with Gasteiger partial charge in [-0.15, -0.1) is 0 Å². The lowest BCUT2D eigenvalue weighted by molar-refractivity contribution is 0.0807. The first-order valence-corrected chi connectivity index (χ1v) is 8.57. The van der Waals surface area contributed by atoms with Gasteiger partial charge in [-0.25, -0.2) is 0 Å². The Balaban J connectivity index is 1.61. The summed E-state index contributed by atoms with van der Waals surface area (Å²) in [5.41, 5.74) is 0.448. The van der Waals surface area contributed by atoms with Crippen molar-refractivity contribution in [3.63, 3.8) is 0 Å². The molecule has 0 spiro atoms. The van der Waals surface area contributed by atoms with Gasteiger partial charge >= 0.3 is 0 Å². The van der Waals surface area contributed by atoms with Crippen molar-refractivity contribution >= 4 is 23.2 Å². The van der Waals surface area contributed by atoms with Crippen molar-refractivity contribution in [2.75, 3.05) is 33.9 Å². The van der Waals surface area contributed by atoms with E-state index in [4.69, 9.17) is 21.7 Å². The van der Waals surface area contributed by atoms with E-state index in [0.717, 1.165) is 6.54 Å². The van der Waals surface area contributed by atoms with Crippen LogP contribution < -0.4 is 20.1 Å². The van der Waals surface area contributed by atoms with Gasteiger partial charge in [0.1, 0.15) is 11.5 Å². The second-order valence-electron chi connectivity index (χ2n) is 6.27. The number of thiocarbonyl (C=S) groups is 1. The van der Waals surface area contributed by atoms with E-state index in [1.54, 1.807) is 32.4 Å². The number of methoxy groups -OCH3 is 2. The smallest absolute Gasteiger partial charge is 0.257 e. The maximum Gasteiger partial charge on any atom is 0.257 e. The summed E-state index contributed by atoms with van der Waals surface area (Å²) in [6.45, 7) is 3.34. The molecule has 130 valence electrons. The lowest BCUT2D eigenvalue weighted by Gasteiger charge is -2.45. The highest BCUT2D eigenvalue weighted by Crippen LogP contribution is 2.27. The van der Waals surface area contributed by atoms with Crippen LogP contribution >= 0.6 is 12.2 Å². The number of fused-ring (bicyclic) bond motifs is 3. The van der Waals surface area contributed by atoms with Crippen molar-refractivity contribution in [2.45, 2.75) is 18.9 Å². The third-order valence-electron chi connectivity index (χ3n) is 4.81. The minimum Gasteiger partial charge on any atom is -0.497 e. The summed E-state index contributed by atoms with van der Waals surface area (Å²) >= 11 is 5.33. The first-order valence-electron chi connectivity index (χ1n) is 8.16. The third kappa shape index (κ3) is 3.79. The van der Waals surface area contributed by atoms with Crippen LogP contribution in [0.1, 0.15) is 23.2 Å². The molecule has 3 saturated heterocycles. The van der Waals surface area contributed by atoms with Gasteiger partial charge < -0.3 is 19.7 Å². The number of hydrogen-bond acceptors (Lipinski definition) is 5. The van der Waals surface area contributed by atoms with Crippen LogP contribution in [0.25, 0.3) is 0 Å². The lowest BCUT2D eigenvalue weighted by atomic mass is 9.84. The van der Waals surface area contributed by atoms with Gasteiger partial charge in [-0.3, -0.25) is 10.1 Å². The number of piperidine rings is 3. The van der Waals surface area contributed by atoms with Crippen molar-refractivity contribution < 1.29 is 14.3 Å². The number of rotatable bonds is 4. The number of amides is 1. The summed E-state index contributed by atoms with van der Waals surface area (Å²) < 4.78 is 10.4. The van der Waals surface area contributed by atoms with Crippen LogP contribution in [0.5, 0.6) is 11.5 Å². The lowest BCUT2D eigenvalue weighted by Crippen LogP contribution is -2.59. The van der Waals surface area contributed by atoms with Gasteiger partial charge in [0.2, 0.25) is 0 Å². The number of ether oxygens (including phenoxy) is 2. The molecule has 3 fully saturated rings. The van der Waals surface area contributed by atoms with Crippen LogP contribution in [0, 0.1) is 5.92 Å². The zero-order chi connectivity index (χ0) is 17.1. The average molecular weight is 349 g/mol. The highest BCUT2D eigenvalue weighted by atomic mass is 32.1. The minimum atomic E-state index is -0.272. The van der Waals surface area contributed by atoms with Crippen LogP contribution in [0.4, 0.5) is 0 Å². The molecule has 1 atom stereocenters. The van der Waals surface area contributed by atoms with Gasteiger partial charge in [0.25, 0.3) is 5.91 Å². The number of nitrogens with zero attached hydrogens (tertiary/aromatic N) is 1. The molecule has 1 amide bonds. The molecule has 3 aliphatic heterocycles. The SMILES string of the molecule is COc1cc(OC)cc(C(=O)NC(=S)NC2CN3CCC2CC3)c1. The van der Waals surface area contributed by atoms with Gasteiger partial charge in [-0.2, -0.15) is 0 Å². The molecule has 0 radical (unpaired) electrons. The Hall–Kier alpha value is -1.86. The van der Waals surface area contributed by atoms with Gasteiger partial charge in [-0.05, 0) is 56.2 Å². The minimum absolute atomic E-state index is 0.272. The van der Waals surface area contributed by atoms with Crippen molar-refractivity contribution in [1.29, 1.82) is 0 Å². The molecule has 2 N–H and O–H groups in total. The summed E-state index contributed by atoms with van der Waals surface area (Å²) in [6.07, 6.45) is 2.39. The second-order valence-corrected chi connectivity index (χ2v) is 6.68. The molecule has 24 heavy (non-hydrogen) atoms. The number of carbonyl (C=O) groups excluding carboxylic acids is 1. The highest BCUT2D eigenvalue weighted by Gasteiger charge is 2.34. The van der Waals surface area contributed by atoms with Crippen LogP contribution in [-0.2, 0) is 0 Å². The molecule has 0 aliphatic carbocycles. The summed E-state index contributed by atoms with van der Waals surface area (Å²) in [5.74, 6) is 1.50. The molecule has 0 saturated carbocycles. The van der Waals surface area contributed by atoms with Crippen LogP contribution in [-0.4, -0.2) is 55.8 Å². The number of nitrogens with one attached hydrogen (secondary N) is 2. The summed E-state index contributed by atoms with van der Waals surface area (Å²) in [4.78, 5) is 14.9. The zero-order valence-electron chi connectivity index (χ0n) is 14.0. The van der Waals surface area contributed by atoms with Crippen LogP contribution in [0.3, 0.4) is 0 Å². The molecule has 1 aromatic carbocycles. The van der Waals surface area contributed by atoms with Crippen molar-refractivity contribution in [1.82, 2.24) is 15.5 Å². The summed E-state index contributed by atoms with van der Waals surface area (Å²) in [7, 11) is 3.10. The number of hydrogen-bond donors (Lipinski definition) is 2. The number of carbonyl (C=O) groups is 1. The largest absolute Gasteiger partial charge is 0.497 e. The Morgan fingerprint density at radius 1 is 1.17 bits per heavy atom. The second kappa shape index (κ2) is 7.36. The van der Waals surface area contributed by atoms with Gasteiger partial charge in [-0.1, -0.05) is 0 Å². The van der Waals surface area contributed by atoms with E-state index >= 15 is 0 Å². The average Bonchev–Trinajstić information content (AvgIpc) is 2.62. The van der Waals surface area contributed by atoms with E-state index < -0.39 is 0 Å². The maximum atomic E-state index is 12.4. The van der Waals surface area contributed by atoms with E-state index in [1.807, 2.05) is 0 Å². The quantitative estimate of drug-likeness (QED) is 0.802. The molecule has 1 aromatic rings. The van der Waals surface area contributed by atoms with Crippen LogP contribution in [0.15, 0.2) is 18.2 Å². The molecule has 4 rings (SSSR count). The Morgan fingerprint density at radius 3 is 2.29 bits per heavy atom. The Bertz CT molecular complexity index is 607. The van der Waals surface area contributed by atoms with Gasteiger partial charge in [0.15, 0.2) is 5.11 Å². The van der Waals surface area contributed by atoms with E-state index in [0.29, 0.717) is 34.1 Å². The molecular formula is C17H23N3O3S. The van der Waals surface area contributed by atoms with Crippen LogP contribution in [0.2, 0.25) is 0 Å². The van der Waals surface area contributed by atoms with Gasteiger partial charge in [0.05, 0.1) is 14.2 Å². The summed E-state index contributed by atoms with van der Waals surface area (Å²) in [6, 6.07) is 5.37. The first kappa shape index (κ1) is 17.0. The predicted octanol–water partition coefficient (Wildman–Crippen LogP) is 1.40. The predicted molar refractivity (Wildman–Crippen MR) is 95.7 cm³/mol. The highest BCUT2D eigenvalue weighted by molar-refractivity contribution is 7.80. The standard InChI is InChI=1S/C17H23N3O3S/c1-22-13-7-12(8-14(9-13)23-2)16(21)19-17(24)18-15-10-20-5-3-11(15)4-6-20/h7-9,11,15H,3-6,10H2,1-2H3,(H2,18,19,21,24). The molecule has 7 heteroatoms. The summed E-state index contributed by atoms with van der Waals surface area (Å²) in [5, 5.41) is 6.44.